The Morgan fingerprint density at radius 2 is 2.08 bits per heavy atom. The summed E-state index contributed by atoms with van der Waals surface area (Å²) < 4.78 is 0. The highest BCUT2D eigenvalue weighted by Crippen LogP contribution is 1.87. The van der Waals surface area contributed by atoms with E-state index in [0.29, 0.717) is 0 Å². The zero-order valence-electron chi connectivity index (χ0n) is 6.65. The number of aliphatic hydroxyl groups excluding tert-OH is 1. The van der Waals surface area contributed by atoms with Gasteiger partial charge < -0.3 is 21.3 Å². The first-order valence-corrected chi connectivity index (χ1v) is 3.38. The Bertz CT molecular complexity index is 180. The van der Waals surface area contributed by atoms with Crippen molar-refractivity contribution in [1.82, 2.24) is 5.32 Å². The highest BCUT2D eigenvalue weighted by Gasteiger charge is 2.18. The number of nitrogens with two attached hydrogens (primary N) is 1. The molecule has 0 radical (unpaired) electrons. The van der Waals surface area contributed by atoms with E-state index in [9.17, 15) is 9.59 Å². The van der Waals surface area contributed by atoms with Crippen molar-refractivity contribution in [2.45, 2.75) is 19.1 Å². The topological polar surface area (TPSA) is 113 Å². The number of hydrogen-bond donors (Lipinski definition) is 4. The van der Waals surface area contributed by atoms with Gasteiger partial charge in [0.2, 0.25) is 5.91 Å². The first-order valence-electron chi connectivity index (χ1n) is 3.38. The molecule has 0 rings (SSSR count). The van der Waals surface area contributed by atoms with Crippen molar-refractivity contribution in [3.05, 3.63) is 0 Å². The normalized spacial score (nSPS) is 14.9. The van der Waals surface area contributed by atoms with Gasteiger partial charge in [-0.05, 0) is 6.92 Å². The van der Waals surface area contributed by atoms with Crippen LogP contribution >= 0.6 is 0 Å². The SMILES string of the molecule is C[C@H](O)[C@H](N)C(=O)NCC(=O)O. The fourth-order valence-electron chi connectivity index (χ4n) is 0.500. The number of hydrogen-bond acceptors (Lipinski definition) is 4. The van der Waals surface area contributed by atoms with Crippen molar-refractivity contribution >= 4 is 11.9 Å². The quantitative estimate of drug-likeness (QED) is 0.392. The maximum Gasteiger partial charge on any atom is 0.322 e. The summed E-state index contributed by atoms with van der Waals surface area (Å²) in [5.74, 6) is -1.83. The predicted molar refractivity (Wildman–Crippen MR) is 40.3 cm³/mol. The number of nitrogens with one attached hydrogen (secondary N) is 1. The van der Waals surface area contributed by atoms with Crippen LogP contribution in [0.25, 0.3) is 0 Å². The molecule has 70 valence electrons. The van der Waals surface area contributed by atoms with E-state index >= 15 is 0 Å². The predicted octanol–water partition coefficient (Wildman–Crippen LogP) is -2.10. The second-order valence-corrected chi connectivity index (χ2v) is 2.38. The van der Waals surface area contributed by atoms with E-state index in [1.807, 2.05) is 5.32 Å². The Balaban J connectivity index is 3.80. The standard InChI is InChI=1S/C6H12N2O4/c1-3(9)5(7)6(12)8-2-4(10)11/h3,5,9H,2,7H2,1H3,(H,8,12)(H,10,11)/t3-,5-/m0/s1. The first-order chi connectivity index (χ1) is 5.45. The molecule has 0 fully saturated rings. The molecule has 0 aromatic rings. The lowest BCUT2D eigenvalue weighted by Gasteiger charge is -2.12. The van der Waals surface area contributed by atoms with Crippen molar-refractivity contribution in [1.29, 1.82) is 0 Å². The third-order valence-corrected chi connectivity index (χ3v) is 1.24. The molecule has 0 aliphatic carbocycles. The fourth-order valence-corrected chi connectivity index (χ4v) is 0.500. The Morgan fingerprint density at radius 1 is 1.58 bits per heavy atom. The molecule has 0 saturated heterocycles. The van der Waals surface area contributed by atoms with E-state index in [-0.39, 0.29) is 0 Å². The molecule has 0 aliphatic rings. The molecule has 0 unspecified atom stereocenters. The van der Waals surface area contributed by atoms with Crippen LogP contribution in [0.3, 0.4) is 0 Å². The van der Waals surface area contributed by atoms with Crippen LogP contribution in [-0.2, 0) is 9.59 Å². The summed E-state index contributed by atoms with van der Waals surface area (Å²) in [4.78, 5) is 20.8. The van der Waals surface area contributed by atoms with E-state index in [1.165, 1.54) is 6.92 Å². The Hall–Kier alpha value is -1.14. The summed E-state index contributed by atoms with van der Waals surface area (Å²) in [6.45, 7) is 0.865. The van der Waals surface area contributed by atoms with Crippen molar-refractivity contribution < 1.29 is 19.8 Å². The first kappa shape index (κ1) is 10.9. The molecule has 0 bridgehead atoms. The molecule has 12 heavy (non-hydrogen) atoms. The number of aliphatic hydroxyl groups is 1. The number of aliphatic carboxylic acids is 1. The van der Waals surface area contributed by atoms with Crippen LogP contribution in [0.5, 0.6) is 0 Å². The zero-order valence-corrected chi connectivity index (χ0v) is 6.65. The van der Waals surface area contributed by atoms with Gasteiger partial charge in [-0.3, -0.25) is 9.59 Å². The highest BCUT2D eigenvalue weighted by molar-refractivity contribution is 5.85. The molecule has 6 nitrogen and oxygen atoms in total. The summed E-state index contributed by atoms with van der Waals surface area (Å²) in [6.07, 6.45) is -0.987. The molecule has 0 spiro atoms. The minimum absolute atomic E-state index is 0.487. The second kappa shape index (κ2) is 4.68. The third kappa shape index (κ3) is 3.89. The van der Waals surface area contributed by atoms with Crippen LogP contribution in [0.1, 0.15) is 6.92 Å². The molecule has 2 atom stereocenters. The van der Waals surface area contributed by atoms with E-state index in [1.54, 1.807) is 0 Å². The lowest BCUT2D eigenvalue weighted by atomic mass is 10.2. The van der Waals surface area contributed by atoms with Crippen LogP contribution in [0.15, 0.2) is 0 Å². The molecule has 5 N–H and O–H groups in total. The second-order valence-electron chi connectivity index (χ2n) is 2.38. The summed E-state index contributed by atoms with van der Waals surface area (Å²) in [7, 11) is 0. The van der Waals surface area contributed by atoms with Gasteiger partial charge in [0.05, 0.1) is 6.10 Å². The lowest BCUT2D eigenvalue weighted by Crippen LogP contribution is -2.48. The minimum atomic E-state index is -1.15. The van der Waals surface area contributed by atoms with Gasteiger partial charge in [0.1, 0.15) is 12.6 Å². The van der Waals surface area contributed by atoms with Crippen LogP contribution in [0.2, 0.25) is 0 Å². The molecule has 0 saturated carbocycles. The van der Waals surface area contributed by atoms with Crippen molar-refractivity contribution in [3.63, 3.8) is 0 Å². The minimum Gasteiger partial charge on any atom is -0.480 e. The Kier molecular flexibility index (Phi) is 4.24. The maximum absolute atomic E-state index is 10.8. The van der Waals surface area contributed by atoms with Gasteiger partial charge in [0, 0.05) is 0 Å². The molecule has 1 amide bonds. The van der Waals surface area contributed by atoms with Gasteiger partial charge in [-0.15, -0.1) is 0 Å². The zero-order chi connectivity index (χ0) is 9.72. The van der Waals surface area contributed by atoms with E-state index in [2.05, 4.69) is 0 Å². The number of carbonyl (C=O) groups is 2. The molecule has 0 aromatic carbocycles. The molecule has 0 heterocycles. The molecule has 6 heteroatoms. The van der Waals surface area contributed by atoms with Crippen molar-refractivity contribution in [3.8, 4) is 0 Å². The molecule has 0 aromatic heterocycles. The average molecular weight is 176 g/mol. The number of rotatable bonds is 4. The number of carboxylic acids is 1. The molecule has 0 aliphatic heterocycles. The van der Waals surface area contributed by atoms with Gasteiger partial charge in [0.15, 0.2) is 0 Å². The van der Waals surface area contributed by atoms with Gasteiger partial charge >= 0.3 is 5.97 Å². The van der Waals surface area contributed by atoms with Crippen LogP contribution in [0.4, 0.5) is 0 Å². The molecular weight excluding hydrogens is 164 g/mol. The summed E-state index contributed by atoms with van der Waals surface area (Å²) >= 11 is 0. The average Bonchev–Trinajstić information content (AvgIpc) is 1.98. The molecular formula is C6H12N2O4. The van der Waals surface area contributed by atoms with Gasteiger partial charge in [-0.25, -0.2) is 0 Å². The lowest BCUT2D eigenvalue weighted by molar-refractivity contribution is -0.138. The van der Waals surface area contributed by atoms with Gasteiger partial charge in [-0.1, -0.05) is 0 Å². The summed E-state index contributed by atoms with van der Waals surface area (Å²) in [5.41, 5.74) is 5.19. The smallest absolute Gasteiger partial charge is 0.322 e. The third-order valence-electron chi connectivity index (χ3n) is 1.24. The maximum atomic E-state index is 10.8. The van der Waals surface area contributed by atoms with Gasteiger partial charge in [-0.2, -0.15) is 0 Å². The summed E-state index contributed by atoms with van der Waals surface area (Å²) in [5, 5.41) is 19.0. The van der Waals surface area contributed by atoms with Crippen LogP contribution in [-0.4, -0.2) is 40.8 Å². The van der Waals surface area contributed by atoms with Crippen molar-refractivity contribution in [2.24, 2.45) is 5.73 Å². The summed E-state index contributed by atoms with van der Waals surface area (Å²) in [6, 6.07) is -1.08. The van der Waals surface area contributed by atoms with E-state index in [4.69, 9.17) is 15.9 Å². The Morgan fingerprint density at radius 3 is 2.42 bits per heavy atom. The van der Waals surface area contributed by atoms with E-state index < -0.39 is 30.6 Å². The van der Waals surface area contributed by atoms with Gasteiger partial charge in [0.25, 0.3) is 0 Å². The number of carboxylic acid groups (broad SMARTS) is 1. The van der Waals surface area contributed by atoms with Crippen molar-refractivity contribution in [2.75, 3.05) is 6.54 Å². The van der Waals surface area contributed by atoms with Crippen LogP contribution in [0, 0.1) is 0 Å². The number of amides is 1. The number of carbonyl (C=O) groups excluding carboxylic acids is 1. The van der Waals surface area contributed by atoms with Crippen LogP contribution < -0.4 is 11.1 Å². The van der Waals surface area contributed by atoms with E-state index in [0.717, 1.165) is 0 Å². The monoisotopic (exact) mass is 176 g/mol. The Labute approximate surface area is 69.4 Å². The highest BCUT2D eigenvalue weighted by atomic mass is 16.4. The fraction of sp³-hybridized carbons (Fsp3) is 0.667. The largest absolute Gasteiger partial charge is 0.480 e.